The lowest BCUT2D eigenvalue weighted by molar-refractivity contribution is -0.127. The Kier molecular flexibility index (Phi) is 3.85. The predicted octanol–water partition coefficient (Wildman–Crippen LogP) is 1.16. The molecule has 2 unspecified atom stereocenters. The van der Waals surface area contributed by atoms with Gasteiger partial charge in [-0.3, -0.25) is 9.59 Å². The highest BCUT2D eigenvalue weighted by Gasteiger charge is 2.32. The second-order valence-electron chi connectivity index (χ2n) is 4.93. The molecule has 1 aliphatic rings. The summed E-state index contributed by atoms with van der Waals surface area (Å²) >= 11 is 0. The fourth-order valence-electron chi connectivity index (χ4n) is 2.25. The number of rotatable bonds is 3. The molecule has 2 N–H and O–H groups in total. The SMILES string of the molecule is CC(O)c1ccccc1NC(=O)C1CC(=O)N(C)C1. The topological polar surface area (TPSA) is 69.6 Å². The molecule has 19 heavy (non-hydrogen) atoms. The smallest absolute Gasteiger partial charge is 0.229 e. The number of nitrogens with zero attached hydrogens (tertiary/aromatic N) is 1. The van der Waals surface area contributed by atoms with Crippen LogP contribution in [0.2, 0.25) is 0 Å². The van der Waals surface area contributed by atoms with E-state index < -0.39 is 6.10 Å². The minimum Gasteiger partial charge on any atom is -0.389 e. The van der Waals surface area contributed by atoms with Crippen LogP contribution in [0.4, 0.5) is 5.69 Å². The van der Waals surface area contributed by atoms with Crippen molar-refractivity contribution in [2.24, 2.45) is 5.92 Å². The van der Waals surface area contributed by atoms with Crippen LogP contribution in [0, 0.1) is 5.92 Å². The maximum absolute atomic E-state index is 12.1. The maximum atomic E-state index is 12.1. The lowest BCUT2D eigenvalue weighted by Crippen LogP contribution is -2.26. The molecule has 2 amide bonds. The maximum Gasteiger partial charge on any atom is 0.229 e. The molecule has 1 saturated heterocycles. The lowest BCUT2D eigenvalue weighted by Gasteiger charge is -2.15. The first-order valence-corrected chi connectivity index (χ1v) is 6.31. The highest BCUT2D eigenvalue weighted by Crippen LogP contribution is 2.24. The van der Waals surface area contributed by atoms with Gasteiger partial charge >= 0.3 is 0 Å². The first-order chi connectivity index (χ1) is 8.99. The largest absolute Gasteiger partial charge is 0.389 e. The number of hydrogen-bond acceptors (Lipinski definition) is 3. The highest BCUT2D eigenvalue weighted by atomic mass is 16.3. The Morgan fingerprint density at radius 3 is 2.74 bits per heavy atom. The van der Waals surface area contributed by atoms with Crippen LogP contribution in [-0.4, -0.2) is 35.4 Å². The van der Waals surface area contributed by atoms with E-state index in [4.69, 9.17) is 0 Å². The average molecular weight is 262 g/mol. The number of benzene rings is 1. The Labute approximate surface area is 112 Å². The number of nitrogens with one attached hydrogen (secondary N) is 1. The van der Waals surface area contributed by atoms with E-state index in [1.807, 2.05) is 6.07 Å². The van der Waals surface area contributed by atoms with E-state index in [-0.39, 0.29) is 24.2 Å². The van der Waals surface area contributed by atoms with Crippen molar-refractivity contribution in [2.75, 3.05) is 18.9 Å². The van der Waals surface area contributed by atoms with Crippen LogP contribution < -0.4 is 5.32 Å². The second kappa shape index (κ2) is 5.40. The Bertz CT molecular complexity index is 499. The summed E-state index contributed by atoms with van der Waals surface area (Å²) in [6, 6.07) is 7.13. The van der Waals surface area contributed by atoms with Gasteiger partial charge in [0.2, 0.25) is 11.8 Å². The van der Waals surface area contributed by atoms with Crippen LogP contribution >= 0.6 is 0 Å². The van der Waals surface area contributed by atoms with Gasteiger partial charge in [-0.05, 0) is 13.0 Å². The number of hydrogen-bond donors (Lipinski definition) is 2. The van der Waals surface area contributed by atoms with Crippen molar-refractivity contribution in [1.82, 2.24) is 4.90 Å². The van der Waals surface area contributed by atoms with Crippen LogP contribution in [0.5, 0.6) is 0 Å². The van der Waals surface area contributed by atoms with Crippen LogP contribution in [0.1, 0.15) is 25.0 Å². The number of likely N-dealkylation sites (tertiary alicyclic amines) is 1. The molecule has 0 bridgehead atoms. The van der Waals surface area contributed by atoms with E-state index in [2.05, 4.69) is 5.32 Å². The van der Waals surface area contributed by atoms with E-state index >= 15 is 0 Å². The van der Waals surface area contributed by atoms with E-state index in [0.717, 1.165) is 0 Å². The minimum absolute atomic E-state index is 0.0102. The van der Waals surface area contributed by atoms with Gasteiger partial charge in [-0.1, -0.05) is 18.2 Å². The average Bonchev–Trinajstić information content (AvgIpc) is 2.70. The van der Waals surface area contributed by atoms with Crippen LogP contribution in [0.25, 0.3) is 0 Å². The van der Waals surface area contributed by atoms with Crippen molar-refractivity contribution in [1.29, 1.82) is 0 Å². The predicted molar refractivity (Wildman–Crippen MR) is 71.4 cm³/mol. The molecule has 0 radical (unpaired) electrons. The van der Waals surface area contributed by atoms with Gasteiger partial charge in [-0.2, -0.15) is 0 Å². The molecule has 0 spiro atoms. The first kappa shape index (κ1) is 13.5. The summed E-state index contributed by atoms with van der Waals surface area (Å²) in [5, 5.41) is 12.5. The number of aliphatic hydroxyl groups is 1. The second-order valence-corrected chi connectivity index (χ2v) is 4.93. The summed E-state index contributed by atoms with van der Waals surface area (Å²) in [5.74, 6) is -0.505. The van der Waals surface area contributed by atoms with Crippen molar-refractivity contribution in [2.45, 2.75) is 19.4 Å². The van der Waals surface area contributed by atoms with Crippen LogP contribution in [-0.2, 0) is 9.59 Å². The zero-order valence-corrected chi connectivity index (χ0v) is 11.1. The van der Waals surface area contributed by atoms with Gasteiger partial charge in [0.1, 0.15) is 0 Å². The van der Waals surface area contributed by atoms with Gasteiger partial charge in [0, 0.05) is 31.3 Å². The molecule has 1 aromatic carbocycles. The highest BCUT2D eigenvalue weighted by molar-refractivity contribution is 5.97. The summed E-state index contributed by atoms with van der Waals surface area (Å²) < 4.78 is 0. The van der Waals surface area contributed by atoms with Crippen molar-refractivity contribution < 1.29 is 14.7 Å². The Balaban J connectivity index is 2.10. The molecule has 1 aromatic rings. The summed E-state index contributed by atoms with van der Waals surface area (Å²) in [6.07, 6.45) is -0.400. The molecular weight excluding hydrogens is 244 g/mol. The monoisotopic (exact) mass is 262 g/mol. The Morgan fingerprint density at radius 1 is 1.47 bits per heavy atom. The molecule has 1 fully saturated rings. The number of anilines is 1. The molecule has 5 nitrogen and oxygen atoms in total. The van der Waals surface area contributed by atoms with Crippen molar-refractivity contribution in [3.63, 3.8) is 0 Å². The fourth-order valence-corrected chi connectivity index (χ4v) is 2.25. The lowest BCUT2D eigenvalue weighted by atomic mass is 10.1. The van der Waals surface area contributed by atoms with E-state index in [1.54, 1.807) is 37.1 Å². The molecular formula is C14H18N2O3. The Hall–Kier alpha value is -1.88. The van der Waals surface area contributed by atoms with Gasteiger partial charge < -0.3 is 15.3 Å². The van der Waals surface area contributed by atoms with Gasteiger partial charge in [-0.25, -0.2) is 0 Å². The molecule has 102 valence electrons. The fraction of sp³-hybridized carbons (Fsp3) is 0.429. The molecule has 1 heterocycles. The summed E-state index contributed by atoms with van der Waals surface area (Å²) in [6.45, 7) is 2.10. The first-order valence-electron chi connectivity index (χ1n) is 6.31. The molecule has 0 aliphatic carbocycles. The zero-order valence-electron chi connectivity index (χ0n) is 11.1. The summed E-state index contributed by atoms with van der Waals surface area (Å²) in [4.78, 5) is 25.1. The van der Waals surface area contributed by atoms with Gasteiger partial charge in [0.05, 0.1) is 12.0 Å². The van der Waals surface area contributed by atoms with Gasteiger partial charge in [0.25, 0.3) is 0 Å². The number of amides is 2. The molecule has 0 aromatic heterocycles. The van der Waals surface area contributed by atoms with Crippen molar-refractivity contribution >= 4 is 17.5 Å². The molecule has 2 rings (SSSR count). The summed E-state index contributed by atoms with van der Waals surface area (Å²) in [7, 11) is 1.69. The van der Waals surface area contributed by atoms with Crippen molar-refractivity contribution in [3.8, 4) is 0 Å². The third kappa shape index (κ3) is 2.93. The van der Waals surface area contributed by atoms with E-state index in [0.29, 0.717) is 17.8 Å². The third-order valence-electron chi connectivity index (χ3n) is 3.38. The zero-order chi connectivity index (χ0) is 14.0. The third-order valence-corrected chi connectivity index (χ3v) is 3.38. The van der Waals surface area contributed by atoms with Gasteiger partial charge in [-0.15, -0.1) is 0 Å². The van der Waals surface area contributed by atoms with Crippen LogP contribution in [0.15, 0.2) is 24.3 Å². The number of carbonyl (C=O) groups is 2. The molecule has 5 heteroatoms. The molecule has 0 saturated carbocycles. The van der Waals surface area contributed by atoms with Crippen LogP contribution in [0.3, 0.4) is 0 Å². The number of aliphatic hydroxyl groups excluding tert-OH is 1. The quantitative estimate of drug-likeness (QED) is 0.858. The molecule has 2 atom stereocenters. The number of carbonyl (C=O) groups excluding carboxylic acids is 2. The Morgan fingerprint density at radius 2 is 2.16 bits per heavy atom. The van der Waals surface area contributed by atoms with Crippen molar-refractivity contribution in [3.05, 3.63) is 29.8 Å². The number of para-hydroxylation sites is 1. The normalized spacial score (nSPS) is 20.5. The molecule has 1 aliphatic heterocycles. The minimum atomic E-state index is -0.649. The summed E-state index contributed by atoms with van der Waals surface area (Å²) in [5.41, 5.74) is 1.28. The standard InChI is InChI=1S/C14H18N2O3/c1-9(17)11-5-3-4-6-12(11)15-14(19)10-7-13(18)16(2)8-10/h3-6,9-10,17H,7-8H2,1-2H3,(H,15,19). The van der Waals surface area contributed by atoms with E-state index in [1.165, 1.54) is 0 Å². The van der Waals surface area contributed by atoms with Gasteiger partial charge in [0.15, 0.2) is 0 Å². The van der Waals surface area contributed by atoms with E-state index in [9.17, 15) is 14.7 Å².